The van der Waals surface area contributed by atoms with Crippen molar-refractivity contribution in [3.63, 3.8) is 0 Å². The second kappa shape index (κ2) is 3.87. The first-order chi connectivity index (χ1) is 4.54. The van der Waals surface area contributed by atoms with E-state index in [1.54, 1.807) is 7.05 Å². The van der Waals surface area contributed by atoms with Gasteiger partial charge in [-0.05, 0) is 0 Å². The van der Waals surface area contributed by atoms with E-state index >= 15 is 0 Å². The number of hydrogen-bond donors (Lipinski definition) is 1. The van der Waals surface area contributed by atoms with E-state index in [4.69, 9.17) is 5.73 Å². The van der Waals surface area contributed by atoms with Crippen LogP contribution in [0.2, 0.25) is 0 Å². The molecule has 1 radical (unpaired) electrons. The van der Waals surface area contributed by atoms with E-state index in [-0.39, 0.29) is 12.5 Å². The lowest BCUT2D eigenvalue weighted by atomic mass is 10.4. The minimum Gasteiger partial charge on any atom is -0.369 e. The second-order valence-corrected chi connectivity index (χ2v) is 2.01. The molecule has 4 heteroatoms. The highest BCUT2D eigenvalue weighted by atomic mass is 16.2. The average Bonchev–Trinajstić information content (AvgIpc) is 1.82. The van der Waals surface area contributed by atoms with Gasteiger partial charge in [-0.3, -0.25) is 9.59 Å². The van der Waals surface area contributed by atoms with Crippen LogP contribution in [0.4, 0.5) is 0 Å². The van der Waals surface area contributed by atoms with Gasteiger partial charge in [0, 0.05) is 20.5 Å². The molecule has 0 aromatic heterocycles. The highest BCUT2D eigenvalue weighted by Crippen LogP contribution is 1.84. The van der Waals surface area contributed by atoms with E-state index in [0.29, 0.717) is 0 Å². The van der Waals surface area contributed by atoms with Crippen molar-refractivity contribution in [2.24, 2.45) is 5.73 Å². The number of hydrogen-bond acceptors (Lipinski definition) is 2. The van der Waals surface area contributed by atoms with Gasteiger partial charge in [-0.2, -0.15) is 0 Å². The van der Waals surface area contributed by atoms with E-state index in [0.717, 1.165) is 0 Å². The standard InChI is InChI=1S/C6H11N2O2/c1-5(9)8(2)4-3-6(7)10/h3H,4H2,1-2H3,(H2,7,10). The number of carbonyl (C=O) groups excluding carboxylic acids is 2. The minimum atomic E-state index is -0.506. The van der Waals surface area contributed by atoms with Gasteiger partial charge in [-0.15, -0.1) is 0 Å². The molecule has 0 atom stereocenters. The van der Waals surface area contributed by atoms with Crippen molar-refractivity contribution in [3.05, 3.63) is 6.42 Å². The molecule has 0 spiro atoms. The van der Waals surface area contributed by atoms with Crippen LogP contribution in [0.15, 0.2) is 0 Å². The van der Waals surface area contributed by atoms with Crippen molar-refractivity contribution in [2.75, 3.05) is 13.6 Å². The van der Waals surface area contributed by atoms with Crippen molar-refractivity contribution in [2.45, 2.75) is 6.92 Å². The Morgan fingerprint density at radius 1 is 1.60 bits per heavy atom. The predicted molar refractivity (Wildman–Crippen MR) is 36.8 cm³/mol. The molecule has 0 aromatic rings. The minimum absolute atomic E-state index is 0.0856. The summed E-state index contributed by atoms with van der Waals surface area (Å²) in [4.78, 5) is 22.1. The summed E-state index contributed by atoms with van der Waals surface area (Å²) in [7, 11) is 1.60. The van der Waals surface area contributed by atoms with E-state index < -0.39 is 5.91 Å². The van der Waals surface area contributed by atoms with Gasteiger partial charge < -0.3 is 10.6 Å². The van der Waals surface area contributed by atoms with Gasteiger partial charge in [0.15, 0.2) is 0 Å². The molecule has 0 aliphatic carbocycles. The monoisotopic (exact) mass is 143 g/mol. The van der Waals surface area contributed by atoms with Gasteiger partial charge in [-0.25, -0.2) is 0 Å². The average molecular weight is 143 g/mol. The summed E-state index contributed by atoms with van der Waals surface area (Å²) in [6.45, 7) is 1.71. The summed E-state index contributed by atoms with van der Waals surface area (Å²) < 4.78 is 0. The first-order valence-electron chi connectivity index (χ1n) is 2.88. The Bertz CT molecular complexity index is 145. The summed E-state index contributed by atoms with van der Waals surface area (Å²) >= 11 is 0. The molecule has 0 aliphatic rings. The molecule has 0 aliphatic heterocycles. The third-order valence-electron chi connectivity index (χ3n) is 1.10. The first-order valence-corrected chi connectivity index (χ1v) is 2.88. The smallest absolute Gasteiger partial charge is 0.223 e. The Morgan fingerprint density at radius 3 is 2.40 bits per heavy atom. The topological polar surface area (TPSA) is 63.4 Å². The number of nitrogens with zero attached hydrogens (tertiary/aromatic N) is 1. The number of nitrogens with two attached hydrogens (primary N) is 1. The van der Waals surface area contributed by atoms with Gasteiger partial charge >= 0.3 is 0 Å². The zero-order chi connectivity index (χ0) is 8.15. The summed E-state index contributed by atoms with van der Waals surface area (Å²) in [6.07, 6.45) is 1.25. The first kappa shape index (κ1) is 8.94. The highest BCUT2D eigenvalue weighted by Gasteiger charge is 2.02. The summed E-state index contributed by atoms with van der Waals surface area (Å²) in [5.74, 6) is -0.592. The van der Waals surface area contributed by atoms with E-state index in [1.807, 2.05) is 0 Å². The summed E-state index contributed by atoms with van der Waals surface area (Å²) in [5, 5.41) is 0. The highest BCUT2D eigenvalue weighted by molar-refractivity contribution is 5.84. The van der Waals surface area contributed by atoms with Crippen LogP contribution < -0.4 is 5.73 Å². The zero-order valence-corrected chi connectivity index (χ0v) is 6.13. The molecule has 0 saturated carbocycles. The third kappa shape index (κ3) is 3.88. The zero-order valence-electron chi connectivity index (χ0n) is 6.13. The molecule has 0 rings (SSSR count). The Balaban J connectivity index is 3.49. The molecule has 10 heavy (non-hydrogen) atoms. The van der Waals surface area contributed by atoms with Gasteiger partial charge in [0.2, 0.25) is 11.8 Å². The Morgan fingerprint density at radius 2 is 2.10 bits per heavy atom. The van der Waals surface area contributed by atoms with Crippen molar-refractivity contribution < 1.29 is 9.59 Å². The molecule has 0 unspecified atom stereocenters. The van der Waals surface area contributed by atoms with Crippen molar-refractivity contribution in [3.8, 4) is 0 Å². The number of primary amides is 1. The van der Waals surface area contributed by atoms with Crippen molar-refractivity contribution in [1.82, 2.24) is 4.90 Å². The fourth-order valence-electron chi connectivity index (χ4n) is 0.355. The molecule has 4 nitrogen and oxygen atoms in total. The van der Waals surface area contributed by atoms with Gasteiger partial charge in [-0.1, -0.05) is 0 Å². The fraction of sp³-hybridized carbons (Fsp3) is 0.500. The Hall–Kier alpha value is -1.06. The molecule has 57 valence electrons. The lowest BCUT2D eigenvalue weighted by Crippen LogP contribution is -2.28. The molecule has 2 N–H and O–H groups in total. The van der Waals surface area contributed by atoms with Crippen molar-refractivity contribution >= 4 is 11.8 Å². The SMILES string of the molecule is CC(=O)N(C)C[CH]C(N)=O. The van der Waals surface area contributed by atoms with Crippen LogP contribution in [0, 0.1) is 6.42 Å². The van der Waals surface area contributed by atoms with E-state index in [9.17, 15) is 9.59 Å². The van der Waals surface area contributed by atoms with E-state index in [2.05, 4.69) is 0 Å². The van der Waals surface area contributed by atoms with E-state index in [1.165, 1.54) is 18.2 Å². The Kier molecular flexibility index (Phi) is 3.46. The fourth-order valence-corrected chi connectivity index (χ4v) is 0.355. The number of amides is 2. The lowest BCUT2D eigenvalue weighted by Gasteiger charge is -2.11. The quantitative estimate of drug-likeness (QED) is 0.559. The Labute approximate surface area is 60.0 Å². The molecular weight excluding hydrogens is 132 g/mol. The summed E-state index contributed by atoms with van der Waals surface area (Å²) in [5.41, 5.74) is 4.81. The van der Waals surface area contributed by atoms with Crippen LogP contribution in [0.1, 0.15) is 6.92 Å². The number of rotatable bonds is 3. The normalized spacial score (nSPS) is 9.00. The van der Waals surface area contributed by atoms with Crippen LogP contribution in [-0.2, 0) is 9.59 Å². The number of carbonyl (C=O) groups is 2. The second-order valence-electron chi connectivity index (χ2n) is 2.01. The van der Waals surface area contributed by atoms with Gasteiger partial charge in [0.1, 0.15) is 0 Å². The van der Waals surface area contributed by atoms with Crippen LogP contribution >= 0.6 is 0 Å². The molecule has 0 bridgehead atoms. The maximum absolute atomic E-state index is 10.5. The molecule has 0 fully saturated rings. The molecule has 0 saturated heterocycles. The molecule has 0 aromatic carbocycles. The van der Waals surface area contributed by atoms with Crippen molar-refractivity contribution in [1.29, 1.82) is 0 Å². The largest absolute Gasteiger partial charge is 0.369 e. The predicted octanol–water partition coefficient (Wildman–Crippen LogP) is -0.846. The van der Waals surface area contributed by atoms with Crippen LogP contribution in [0.5, 0.6) is 0 Å². The molecule has 0 heterocycles. The maximum atomic E-state index is 10.5. The van der Waals surface area contributed by atoms with Crippen LogP contribution in [0.25, 0.3) is 0 Å². The molecular formula is C6H11N2O2. The molecule has 2 amide bonds. The summed E-state index contributed by atoms with van der Waals surface area (Å²) in [6, 6.07) is 0. The lowest BCUT2D eigenvalue weighted by molar-refractivity contribution is -0.127. The third-order valence-corrected chi connectivity index (χ3v) is 1.10. The van der Waals surface area contributed by atoms with Gasteiger partial charge in [0.25, 0.3) is 0 Å². The van der Waals surface area contributed by atoms with Crippen LogP contribution in [0.3, 0.4) is 0 Å². The van der Waals surface area contributed by atoms with Gasteiger partial charge in [0.05, 0.1) is 6.42 Å². The maximum Gasteiger partial charge on any atom is 0.223 e. The van der Waals surface area contributed by atoms with Crippen LogP contribution in [-0.4, -0.2) is 30.3 Å².